The van der Waals surface area contributed by atoms with Gasteiger partial charge in [0.1, 0.15) is 6.61 Å². The van der Waals surface area contributed by atoms with Crippen LogP contribution in [0.1, 0.15) is 11.6 Å². The van der Waals surface area contributed by atoms with Crippen LogP contribution in [0, 0.1) is 0 Å². The fourth-order valence-corrected chi connectivity index (χ4v) is 1.60. The zero-order chi connectivity index (χ0) is 10.1. The molecule has 0 unspecified atom stereocenters. The van der Waals surface area contributed by atoms with Gasteiger partial charge in [-0.15, -0.1) is 12.4 Å². The minimum absolute atomic E-state index is 0. The van der Waals surface area contributed by atoms with Gasteiger partial charge < -0.3 is 10.1 Å². The maximum absolute atomic E-state index is 10.8. The molecule has 1 aromatic rings. The van der Waals surface area contributed by atoms with Gasteiger partial charge in [-0.25, -0.2) is 4.79 Å². The van der Waals surface area contributed by atoms with E-state index in [4.69, 9.17) is 27.9 Å². The number of rotatable bonds is 1. The highest BCUT2D eigenvalue weighted by molar-refractivity contribution is 6.42. The van der Waals surface area contributed by atoms with Crippen LogP contribution >= 0.6 is 35.6 Å². The number of nitrogens with one attached hydrogen (secondary N) is 1. The lowest BCUT2D eigenvalue weighted by molar-refractivity contribution is 0.177. The molecule has 1 N–H and O–H groups in total. The predicted octanol–water partition coefficient (Wildman–Crippen LogP) is 3.20. The summed E-state index contributed by atoms with van der Waals surface area (Å²) in [5.74, 6) is 0. The molecule has 0 spiro atoms. The van der Waals surface area contributed by atoms with E-state index in [9.17, 15) is 4.79 Å². The van der Waals surface area contributed by atoms with Crippen molar-refractivity contribution in [1.82, 2.24) is 5.32 Å². The standard InChI is InChI=1S/C9H7Cl2NO2.ClH/c10-6-2-1-5(3-7(6)11)8-4-14-9(13)12-8;/h1-3,8H,4H2,(H,12,13);1H/t8-;/m0./s1. The van der Waals surface area contributed by atoms with Gasteiger partial charge in [-0.2, -0.15) is 0 Å². The summed E-state index contributed by atoms with van der Waals surface area (Å²) in [6.45, 7) is 0.330. The van der Waals surface area contributed by atoms with Crippen LogP contribution < -0.4 is 5.32 Å². The van der Waals surface area contributed by atoms with E-state index in [1.54, 1.807) is 12.1 Å². The first kappa shape index (κ1) is 12.4. The molecule has 1 aromatic carbocycles. The van der Waals surface area contributed by atoms with E-state index in [-0.39, 0.29) is 18.4 Å². The van der Waals surface area contributed by atoms with Crippen molar-refractivity contribution in [3.05, 3.63) is 33.8 Å². The third-order valence-electron chi connectivity index (χ3n) is 2.02. The molecule has 0 bridgehead atoms. The molecule has 0 radical (unpaired) electrons. The lowest BCUT2D eigenvalue weighted by Gasteiger charge is -2.08. The Labute approximate surface area is 103 Å². The Bertz CT molecular complexity index is 384. The lowest BCUT2D eigenvalue weighted by Crippen LogP contribution is -2.18. The van der Waals surface area contributed by atoms with Crippen LogP contribution in [0.3, 0.4) is 0 Å². The molecule has 0 aliphatic carbocycles. The topological polar surface area (TPSA) is 38.3 Å². The molecule has 1 heterocycles. The van der Waals surface area contributed by atoms with Gasteiger partial charge >= 0.3 is 6.09 Å². The summed E-state index contributed by atoms with van der Waals surface area (Å²) in [4.78, 5) is 10.8. The Hall–Kier alpha value is -0.640. The summed E-state index contributed by atoms with van der Waals surface area (Å²) in [6, 6.07) is 5.11. The molecule has 1 amide bonds. The van der Waals surface area contributed by atoms with E-state index in [1.165, 1.54) is 0 Å². The molecule has 15 heavy (non-hydrogen) atoms. The highest BCUT2D eigenvalue weighted by Crippen LogP contribution is 2.27. The predicted molar refractivity (Wildman–Crippen MR) is 60.9 cm³/mol. The number of carbonyl (C=O) groups excluding carboxylic acids is 1. The highest BCUT2D eigenvalue weighted by atomic mass is 35.5. The van der Waals surface area contributed by atoms with Crippen molar-refractivity contribution in [3.63, 3.8) is 0 Å². The van der Waals surface area contributed by atoms with Crippen molar-refractivity contribution in [1.29, 1.82) is 0 Å². The molecule has 0 saturated carbocycles. The first-order chi connectivity index (χ1) is 6.66. The minimum Gasteiger partial charge on any atom is -0.447 e. The molecule has 3 nitrogen and oxygen atoms in total. The van der Waals surface area contributed by atoms with Crippen LogP contribution in [-0.4, -0.2) is 12.7 Å². The Kier molecular flexibility index (Phi) is 4.08. The van der Waals surface area contributed by atoms with E-state index in [2.05, 4.69) is 5.32 Å². The number of benzene rings is 1. The van der Waals surface area contributed by atoms with Crippen LogP contribution in [-0.2, 0) is 4.74 Å². The zero-order valence-corrected chi connectivity index (χ0v) is 9.83. The summed E-state index contributed by atoms with van der Waals surface area (Å²) >= 11 is 11.6. The van der Waals surface area contributed by atoms with Crippen molar-refractivity contribution < 1.29 is 9.53 Å². The van der Waals surface area contributed by atoms with Gasteiger partial charge in [-0.1, -0.05) is 29.3 Å². The number of hydrogen-bond acceptors (Lipinski definition) is 2. The summed E-state index contributed by atoms with van der Waals surface area (Å²) < 4.78 is 4.76. The smallest absolute Gasteiger partial charge is 0.407 e. The molecule has 6 heteroatoms. The van der Waals surface area contributed by atoms with E-state index < -0.39 is 6.09 Å². The summed E-state index contributed by atoms with van der Waals surface area (Å²) in [6.07, 6.45) is -0.402. The molecule has 1 aliphatic heterocycles. The van der Waals surface area contributed by atoms with Gasteiger partial charge in [0, 0.05) is 0 Å². The van der Waals surface area contributed by atoms with Crippen molar-refractivity contribution in [3.8, 4) is 0 Å². The van der Waals surface area contributed by atoms with Gasteiger partial charge in [0.2, 0.25) is 0 Å². The van der Waals surface area contributed by atoms with Crippen LogP contribution in [0.15, 0.2) is 18.2 Å². The number of hydrogen-bond donors (Lipinski definition) is 1. The van der Waals surface area contributed by atoms with Crippen molar-refractivity contribution in [2.75, 3.05) is 6.61 Å². The summed E-state index contributed by atoms with van der Waals surface area (Å²) in [5.41, 5.74) is 0.894. The fraction of sp³-hybridized carbons (Fsp3) is 0.222. The van der Waals surface area contributed by atoms with Crippen molar-refractivity contribution >= 4 is 41.7 Å². The monoisotopic (exact) mass is 267 g/mol. The summed E-state index contributed by atoms with van der Waals surface area (Å²) in [5, 5.41) is 3.63. The quantitative estimate of drug-likeness (QED) is 0.849. The number of cyclic esters (lactones) is 1. The molecule has 1 fully saturated rings. The van der Waals surface area contributed by atoms with Gasteiger partial charge in [0.15, 0.2) is 0 Å². The van der Waals surface area contributed by atoms with Gasteiger partial charge in [0.05, 0.1) is 16.1 Å². The largest absolute Gasteiger partial charge is 0.447 e. The number of amides is 1. The van der Waals surface area contributed by atoms with E-state index >= 15 is 0 Å². The second-order valence-electron chi connectivity index (χ2n) is 2.97. The first-order valence-electron chi connectivity index (χ1n) is 4.05. The van der Waals surface area contributed by atoms with Crippen LogP contribution in [0.5, 0.6) is 0 Å². The third kappa shape index (κ3) is 2.68. The first-order valence-corrected chi connectivity index (χ1v) is 4.80. The fourth-order valence-electron chi connectivity index (χ4n) is 1.29. The summed E-state index contributed by atoms with van der Waals surface area (Å²) in [7, 11) is 0. The minimum atomic E-state index is -0.402. The average Bonchev–Trinajstić information content (AvgIpc) is 2.57. The maximum atomic E-state index is 10.8. The van der Waals surface area contributed by atoms with Gasteiger partial charge in [-0.05, 0) is 17.7 Å². The molecule has 1 saturated heterocycles. The van der Waals surface area contributed by atoms with Gasteiger partial charge in [-0.3, -0.25) is 0 Å². The van der Waals surface area contributed by atoms with E-state index in [0.29, 0.717) is 16.7 Å². The van der Waals surface area contributed by atoms with Crippen LogP contribution in [0.25, 0.3) is 0 Å². The van der Waals surface area contributed by atoms with Crippen molar-refractivity contribution in [2.45, 2.75) is 6.04 Å². The molecule has 1 atom stereocenters. The number of ether oxygens (including phenoxy) is 1. The van der Waals surface area contributed by atoms with Crippen molar-refractivity contribution in [2.24, 2.45) is 0 Å². The molecule has 2 rings (SSSR count). The molecular formula is C9H8Cl3NO2. The number of halogens is 3. The zero-order valence-electron chi connectivity index (χ0n) is 7.50. The average molecular weight is 269 g/mol. The second kappa shape index (κ2) is 4.92. The number of alkyl carbamates (subject to hydrolysis) is 1. The Morgan fingerprint density at radius 3 is 2.60 bits per heavy atom. The lowest BCUT2D eigenvalue weighted by atomic mass is 10.1. The van der Waals surface area contributed by atoms with E-state index in [1.807, 2.05) is 6.07 Å². The molecular weight excluding hydrogens is 260 g/mol. The second-order valence-corrected chi connectivity index (χ2v) is 3.78. The third-order valence-corrected chi connectivity index (χ3v) is 2.76. The van der Waals surface area contributed by atoms with Crippen LogP contribution in [0.4, 0.5) is 4.79 Å². The Balaban J connectivity index is 0.00000112. The van der Waals surface area contributed by atoms with Gasteiger partial charge in [0.25, 0.3) is 0 Å². The normalized spacial score (nSPS) is 19.1. The molecule has 1 aliphatic rings. The molecule has 82 valence electrons. The number of carbonyl (C=O) groups is 1. The highest BCUT2D eigenvalue weighted by Gasteiger charge is 2.23. The van der Waals surface area contributed by atoms with E-state index in [0.717, 1.165) is 5.56 Å². The molecule has 0 aromatic heterocycles. The SMILES string of the molecule is Cl.O=C1N[C@H](c2ccc(Cl)c(Cl)c2)CO1. The Morgan fingerprint density at radius 1 is 1.33 bits per heavy atom. The Morgan fingerprint density at radius 2 is 2.07 bits per heavy atom. The maximum Gasteiger partial charge on any atom is 0.407 e. The van der Waals surface area contributed by atoms with Crippen LogP contribution in [0.2, 0.25) is 10.0 Å².